The fourth-order valence-electron chi connectivity index (χ4n) is 6.43. The van der Waals surface area contributed by atoms with Crippen LogP contribution in [0.5, 0.6) is 0 Å². The third kappa shape index (κ3) is 6.18. The molecule has 0 spiro atoms. The summed E-state index contributed by atoms with van der Waals surface area (Å²) in [7, 11) is 1.51. The molecule has 3 aliphatic rings. The molecule has 5 heterocycles. The van der Waals surface area contributed by atoms with Crippen molar-refractivity contribution in [2.45, 2.75) is 37.1 Å². The minimum absolute atomic E-state index is 0.108. The smallest absolute Gasteiger partial charge is 0.258 e. The molecule has 7 rings (SSSR count). The van der Waals surface area contributed by atoms with Crippen LogP contribution in [0.25, 0.3) is 10.7 Å². The summed E-state index contributed by atoms with van der Waals surface area (Å²) < 4.78 is 35.2. The van der Waals surface area contributed by atoms with Crippen molar-refractivity contribution in [3.8, 4) is 10.7 Å². The van der Waals surface area contributed by atoms with Gasteiger partial charge in [0.1, 0.15) is 10.8 Å². The zero-order valence-corrected chi connectivity index (χ0v) is 26.6. The number of ether oxygens (including phenoxy) is 1. The van der Waals surface area contributed by atoms with Crippen molar-refractivity contribution in [3.63, 3.8) is 0 Å². The second-order valence-electron chi connectivity index (χ2n) is 12.1. The number of aliphatic imine (C=N–C) groups is 1. The molecular weight excluding hydrogens is 624 g/mol. The Hall–Kier alpha value is -4.46. The number of amides is 2. The Morgan fingerprint density at radius 1 is 1.02 bits per heavy atom. The molecule has 0 aliphatic carbocycles. The molecule has 1 N–H and O–H groups in total. The molecule has 242 valence electrons. The summed E-state index contributed by atoms with van der Waals surface area (Å²) in [5.41, 5.74) is 1.32. The Morgan fingerprint density at radius 2 is 1.79 bits per heavy atom. The summed E-state index contributed by atoms with van der Waals surface area (Å²) >= 11 is 1.24. The van der Waals surface area contributed by atoms with E-state index in [0.29, 0.717) is 40.9 Å². The van der Waals surface area contributed by atoms with Crippen molar-refractivity contribution >= 4 is 34.6 Å². The third-order valence-electron chi connectivity index (χ3n) is 9.21. The van der Waals surface area contributed by atoms with E-state index < -0.39 is 11.3 Å². The lowest BCUT2D eigenvalue weighted by Gasteiger charge is -2.36. The van der Waals surface area contributed by atoms with Crippen molar-refractivity contribution in [1.82, 2.24) is 24.8 Å². The molecule has 0 saturated carbocycles. The monoisotopic (exact) mass is 657 g/mol. The highest BCUT2D eigenvalue weighted by Crippen LogP contribution is 2.41. The molecule has 1 atom stereocenters. The molecule has 2 fully saturated rings. The highest BCUT2D eigenvalue weighted by Gasteiger charge is 2.46. The van der Waals surface area contributed by atoms with Crippen LogP contribution < -0.4 is 5.32 Å². The molecular formula is C34H33F2N7O3S. The van der Waals surface area contributed by atoms with Gasteiger partial charge in [-0.15, -0.1) is 11.3 Å². The molecule has 2 amide bonds. The van der Waals surface area contributed by atoms with E-state index in [2.05, 4.69) is 25.3 Å². The van der Waals surface area contributed by atoms with Gasteiger partial charge in [0.25, 0.3) is 5.91 Å². The fourth-order valence-corrected chi connectivity index (χ4v) is 7.43. The van der Waals surface area contributed by atoms with Crippen LogP contribution >= 0.6 is 11.3 Å². The number of rotatable bonds is 8. The first kappa shape index (κ1) is 31.2. The zero-order valence-electron chi connectivity index (χ0n) is 25.8. The number of anilines is 1. The number of halogens is 2. The van der Waals surface area contributed by atoms with Crippen LogP contribution in [0.15, 0.2) is 72.1 Å². The van der Waals surface area contributed by atoms with Crippen LogP contribution in [0.2, 0.25) is 0 Å². The van der Waals surface area contributed by atoms with Crippen LogP contribution in [-0.4, -0.2) is 87.7 Å². The minimum atomic E-state index is -1.62. The quantitative estimate of drug-likeness (QED) is 0.295. The van der Waals surface area contributed by atoms with E-state index in [-0.39, 0.29) is 56.7 Å². The number of carbonyl (C=O) groups excluding carboxylic acids is 2. The summed E-state index contributed by atoms with van der Waals surface area (Å²) in [5, 5.41) is 3.38. The number of alkyl halides is 1. The number of piperidine rings is 1. The van der Waals surface area contributed by atoms with Crippen molar-refractivity contribution in [2.75, 3.05) is 45.2 Å². The standard InChI is InChI=1S/C34H33F2N7O3S/c1-46-34(31(45)41-25-8-5-23-18-39-29(26(23)17-25)22-3-6-24(35)7-4-22)11-14-42(21-34)20-28(44)43-15-9-33(36,10-16-43)32-40-19-27(47-32)30-37-12-2-13-38-30/h2-8,12-13,17,19H,9-11,14-16,18,20-21H2,1H3,(H,41,45)/t34-/m0/s1. The lowest BCUT2D eigenvalue weighted by Crippen LogP contribution is -2.49. The number of nitrogens with zero attached hydrogens (tertiary/aromatic N) is 6. The van der Waals surface area contributed by atoms with E-state index in [0.717, 1.165) is 22.4 Å². The van der Waals surface area contributed by atoms with Gasteiger partial charge in [-0.2, -0.15) is 0 Å². The summed E-state index contributed by atoms with van der Waals surface area (Å²) in [5.74, 6) is -0.207. The molecule has 0 unspecified atom stereocenters. The maximum Gasteiger partial charge on any atom is 0.258 e. The molecule has 0 radical (unpaired) electrons. The van der Waals surface area contributed by atoms with Gasteiger partial charge in [-0.25, -0.2) is 23.7 Å². The zero-order chi connectivity index (χ0) is 32.6. The van der Waals surface area contributed by atoms with Crippen molar-refractivity contribution in [3.05, 3.63) is 94.6 Å². The maximum atomic E-state index is 16.0. The van der Waals surface area contributed by atoms with Gasteiger partial charge in [-0.05, 0) is 54.4 Å². The molecule has 2 saturated heterocycles. The van der Waals surface area contributed by atoms with Crippen LogP contribution in [0, 0.1) is 5.82 Å². The Balaban J connectivity index is 0.947. The molecule has 2 aromatic carbocycles. The second-order valence-corrected chi connectivity index (χ2v) is 13.1. The number of nitrogens with one attached hydrogen (secondary N) is 1. The summed E-state index contributed by atoms with van der Waals surface area (Å²) in [6, 6.07) is 13.6. The number of methoxy groups -OCH3 is 1. The Kier molecular flexibility index (Phi) is 8.37. The van der Waals surface area contributed by atoms with Crippen LogP contribution in [-0.2, 0) is 26.5 Å². The van der Waals surface area contributed by atoms with E-state index in [1.807, 2.05) is 23.1 Å². The average molecular weight is 658 g/mol. The molecule has 47 heavy (non-hydrogen) atoms. The predicted molar refractivity (Wildman–Crippen MR) is 173 cm³/mol. The molecule has 3 aliphatic heterocycles. The number of hydrogen-bond donors (Lipinski definition) is 1. The fraction of sp³-hybridized carbons (Fsp3) is 0.353. The average Bonchev–Trinajstić information content (AvgIpc) is 3.86. The van der Waals surface area contributed by atoms with Gasteiger partial charge in [-0.3, -0.25) is 19.5 Å². The number of thiazole rings is 1. The van der Waals surface area contributed by atoms with Gasteiger partial charge >= 0.3 is 0 Å². The summed E-state index contributed by atoms with van der Waals surface area (Å²) in [6.45, 7) is 1.93. The van der Waals surface area contributed by atoms with Crippen molar-refractivity contribution < 1.29 is 23.1 Å². The number of fused-ring (bicyclic) bond motifs is 1. The first-order valence-corrected chi connectivity index (χ1v) is 16.3. The number of carbonyl (C=O) groups is 2. The van der Waals surface area contributed by atoms with Crippen LogP contribution in [0.3, 0.4) is 0 Å². The van der Waals surface area contributed by atoms with Crippen molar-refractivity contribution in [1.29, 1.82) is 0 Å². The van der Waals surface area contributed by atoms with Gasteiger partial charge in [0.2, 0.25) is 5.91 Å². The Morgan fingerprint density at radius 3 is 2.53 bits per heavy atom. The van der Waals surface area contributed by atoms with Gasteiger partial charge in [0.05, 0.1) is 23.7 Å². The lowest BCUT2D eigenvalue weighted by atomic mass is 9.94. The van der Waals surface area contributed by atoms with E-state index in [9.17, 15) is 14.0 Å². The largest absolute Gasteiger partial charge is 0.367 e. The van der Waals surface area contributed by atoms with Crippen LogP contribution in [0.4, 0.5) is 14.5 Å². The highest BCUT2D eigenvalue weighted by atomic mass is 32.1. The lowest BCUT2D eigenvalue weighted by molar-refractivity contribution is -0.139. The molecule has 10 nitrogen and oxygen atoms in total. The molecule has 2 aromatic heterocycles. The van der Waals surface area contributed by atoms with Crippen molar-refractivity contribution in [2.24, 2.45) is 4.99 Å². The summed E-state index contributed by atoms with van der Waals surface area (Å²) in [4.78, 5) is 48.6. The van der Waals surface area contributed by atoms with E-state index in [1.54, 1.807) is 41.7 Å². The molecule has 4 aromatic rings. The normalized spacial score (nSPS) is 20.6. The van der Waals surface area contributed by atoms with E-state index in [1.165, 1.54) is 30.6 Å². The van der Waals surface area contributed by atoms with Gasteiger partial charge in [0.15, 0.2) is 17.1 Å². The summed E-state index contributed by atoms with van der Waals surface area (Å²) in [6.07, 6.45) is 5.60. The minimum Gasteiger partial charge on any atom is -0.367 e. The highest BCUT2D eigenvalue weighted by molar-refractivity contribution is 7.15. The first-order chi connectivity index (χ1) is 22.7. The SMILES string of the molecule is CO[C@@]1(C(=O)Nc2ccc3c(c2)C(c2ccc(F)cc2)=NC3)CCN(CC(=O)N2CCC(F)(c3ncc(-c4ncccn4)s3)CC2)C1. The second kappa shape index (κ2) is 12.6. The first-order valence-electron chi connectivity index (χ1n) is 15.5. The van der Waals surface area contributed by atoms with Crippen LogP contribution in [0.1, 0.15) is 41.0 Å². The molecule has 0 bridgehead atoms. The maximum absolute atomic E-state index is 16.0. The van der Waals surface area contributed by atoms with Gasteiger partial charge in [0, 0.05) is 81.5 Å². The Bertz CT molecular complexity index is 1830. The van der Waals surface area contributed by atoms with Gasteiger partial charge < -0.3 is 15.0 Å². The molecule has 13 heteroatoms. The third-order valence-corrected chi connectivity index (χ3v) is 10.4. The number of hydrogen-bond acceptors (Lipinski definition) is 9. The van der Waals surface area contributed by atoms with E-state index >= 15 is 4.39 Å². The topological polar surface area (TPSA) is 113 Å². The Labute approximate surface area is 274 Å². The number of benzene rings is 2. The number of likely N-dealkylation sites (tertiary alicyclic amines) is 2. The number of aromatic nitrogens is 3. The predicted octanol–water partition coefficient (Wildman–Crippen LogP) is 4.61. The van der Waals surface area contributed by atoms with Gasteiger partial charge in [-0.1, -0.05) is 6.07 Å². The van der Waals surface area contributed by atoms with E-state index in [4.69, 9.17) is 4.74 Å².